The summed E-state index contributed by atoms with van der Waals surface area (Å²) < 4.78 is 5.50. The summed E-state index contributed by atoms with van der Waals surface area (Å²) in [5.41, 5.74) is 4.56. The summed E-state index contributed by atoms with van der Waals surface area (Å²) in [4.78, 5) is 35.2. The lowest BCUT2D eigenvalue weighted by Crippen LogP contribution is -2.46. The summed E-state index contributed by atoms with van der Waals surface area (Å²) >= 11 is 0. The van der Waals surface area contributed by atoms with E-state index in [0.717, 1.165) is 22.3 Å². The third-order valence-electron chi connectivity index (χ3n) is 5.48. The molecular weight excluding hydrogens is 396 g/mol. The van der Waals surface area contributed by atoms with E-state index in [9.17, 15) is 14.4 Å². The topological polar surface area (TPSA) is 105 Å². The van der Waals surface area contributed by atoms with E-state index in [2.05, 4.69) is 22.8 Å². The Kier molecular flexibility index (Phi) is 7.65. The van der Waals surface area contributed by atoms with Crippen LogP contribution in [0.1, 0.15) is 49.7 Å². The van der Waals surface area contributed by atoms with Gasteiger partial charge in [-0.05, 0) is 41.5 Å². The summed E-state index contributed by atoms with van der Waals surface area (Å²) in [6.07, 6.45) is 0.928. The molecule has 0 heterocycles. The van der Waals surface area contributed by atoms with Crippen molar-refractivity contribution in [1.29, 1.82) is 0 Å². The number of aliphatic carboxylic acids is 1. The molecule has 1 atom stereocenters. The van der Waals surface area contributed by atoms with Gasteiger partial charge in [0, 0.05) is 18.9 Å². The Bertz CT molecular complexity index is 898. The maximum Gasteiger partial charge on any atom is 0.407 e. The predicted octanol–water partition coefficient (Wildman–Crippen LogP) is 3.67. The molecule has 2 aromatic rings. The van der Waals surface area contributed by atoms with Crippen molar-refractivity contribution in [1.82, 2.24) is 10.6 Å². The highest BCUT2D eigenvalue weighted by Crippen LogP contribution is 2.44. The third kappa shape index (κ3) is 5.63. The van der Waals surface area contributed by atoms with E-state index >= 15 is 0 Å². The number of unbranched alkanes of at least 4 members (excludes halogenated alkanes) is 1. The lowest BCUT2D eigenvalue weighted by atomic mass is 9.98. The van der Waals surface area contributed by atoms with Gasteiger partial charge in [-0.2, -0.15) is 0 Å². The maximum absolute atomic E-state index is 12.4. The molecule has 1 unspecified atom stereocenters. The molecule has 164 valence electrons. The number of carboxylic acids is 1. The number of carboxylic acid groups (broad SMARTS) is 1. The van der Waals surface area contributed by atoms with Crippen LogP contribution < -0.4 is 10.6 Å². The van der Waals surface area contributed by atoms with Crippen LogP contribution in [0.4, 0.5) is 4.79 Å². The summed E-state index contributed by atoms with van der Waals surface area (Å²) in [6, 6.07) is 15.5. The fourth-order valence-electron chi connectivity index (χ4n) is 3.87. The van der Waals surface area contributed by atoms with Crippen molar-refractivity contribution in [3.63, 3.8) is 0 Å². The van der Waals surface area contributed by atoms with Crippen LogP contribution in [-0.4, -0.2) is 42.3 Å². The van der Waals surface area contributed by atoms with Crippen LogP contribution in [0, 0.1) is 0 Å². The molecule has 0 fully saturated rings. The normalized spacial score (nSPS) is 13.1. The molecule has 0 spiro atoms. The highest BCUT2D eigenvalue weighted by Gasteiger charge is 2.29. The number of benzene rings is 2. The zero-order chi connectivity index (χ0) is 22.2. The van der Waals surface area contributed by atoms with Crippen molar-refractivity contribution in [3.05, 3.63) is 59.7 Å². The van der Waals surface area contributed by atoms with E-state index in [1.165, 1.54) is 0 Å². The van der Waals surface area contributed by atoms with E-state index in [-0.39, 0.29) is 24.9 Å². The average molecular weight is 424 g/mol. The lowest BCUT2D eigenvalue weighted by Gasteiger charge is -2.18. The maximum atomic E-state index is 12.4. The lowest BCUT2D eigenvalue weighted by molar-refractivity contribution is -0.137. The quantitative estimate of drug-likeness (QED) is 0.505. The molecule has 7 heteroatoms. The second kappa shape index (κ2) is 10.6. The smallest absolute Gasteiger partial charge is 0.407 e. The molecule has 2 aromatic carbocycles. The number of carbonyl (C=O) groups excluding carboxylic acids is 2. The minimum absolute atomic E-state index is 0.0405. The molecule has 1 aliphatic carbocycles. The monoisotopic (exact) mass is 424 g/mol. The van der Waals surface area contributed by atoms with Gasteiger partial charge in [-0.15, -0.1) is 0 Å². The third-order valence-corrected chi connectivity index (χ3v) is 5.48. The zero-order valence-electron chi connectivity index (χ0n) is 17.6. The van der Waals surface area contributed by atoms with Gasteiger partial charge in [0.15, 0.2) is 0 Å². The van der Waals surface area contributed by atoms with Crippen molar-refractivity contribution in [2.45, 2.75) is 44.6 Å². The SMILES string of the molecule is CCC(NC(=O)OCC1c2ccccc2-c2ccccc21)C(=O)NCCCCC(=O)O. The summed E-state index contributed by atoms with van der Waals surface area (Å²) in [6.45, 7) is 2.36. The number of hydrogen-bond acceptors (Lipinski definition) is 4. The summed E-state index contributed by atoms with van der Waals surface area (Å²) in [7, 11) is 0. The first kappa shape index (κ1) is 22.3. The van der Waals surface area contributed by atoms with Gasteiger partial charge in [-0.3, -0.25) is 9.59 Å². The van der Waals surface area contributed by atoms with Crippen LogP contribution in [0.2, 0.25) is 0 Å². The predicted molar refractivity (Wildman–Crippen MR) is 117 cm³/mol. The molecule has 0 bridgehead atoms. The number of amides is 2. The number of ether oxygens (including phenoxy) is 1. The first-order valence-corrected chi connectivity index (χ1v) is 10.6. The Hall–Kier alpha value is -3.35. The van der Waals surface area contributed by atoms with Crippen LogP contribution >= 0.6 is 0 Å². The summed E-state index contributed by atoms with van der Waals surface area (Å²) in [5.74, 6) is -1.19. The molecule has 2 amide bonds. The van der Waals surface area contributed by atoms with Gasteiger partial charge >= 0.3 is 12.1 Å². The van der Waals surface area contributed by atoms with E-state index in [4.69, 9.17) is 9.84 Å². The Balaban J connectivity index is 1.51. The van der Waals surface area contributed by atoms with E-state index in [1.54, 1.807) is 6.92 Å². The minimum Gasteiger partial charge on any atom is -0.481 e. The molecular formula is C24H28N2O5. The van der Waals surface area contributed by atoms with Crippen molar-refractivity contribution < 1.29 is 24.2 Å². The molecule has 31 heavy (non-hydrogen) atoms. The number of fused-ring (bicyclic) bond motifs is 3. The first-order chi connectivity index (χ1) is 15.0. The number of carbonyl (C=O) groups is 3. The van der Waals surface area contributed by atoms with Crippen molar-refractivity contribution in [2.24, 2.45) is 0 Å². The Labute approximate surface area is 181 Å². The van der Waals surface area contributed by atoms with Crippen LogP contribution in [0.15, 0.2) is 48.5 Å². The average Bonchev–Trinajstić information content (AvgIpc) is 3.09. The molecule has 3 N–H and O–H groups in total. The first-order valence-electron chi connectivity index (χ1n) is 10.6. The van der Waals surface area contributed by atoms with E-state index in [1.807, 2.05) is 36.4 Å². The molecule has 0 aliphatic heterocycles. The second-order valence-electron chi connectivity index (χ2n) is 7.57. The number of hydrogen-bond donors (Lipinski definition) is 3. The van der Waals surface area contributed by atoms with Crippen molar-refractivity contribution >= 4 is 18.0 Å². The fraction of sp³-hybridized carbons (Fsp3) is 0.375. The molecule has 0 aromatic heterocycles. The van der Waals surface area contributed by atoms with Gasteiger partial charge < -0.3 is 20.5 Å². The second-order valence-corrected chi connectivity index (χ2v) is 7.57. The standard InChI is InChI=1S/C24H28N2O5/c1-2-21(23(29)25-14-8-7-13-22(27)28)26-24(30)31-15-20-18-11-5-3-9-16(18)17-10-4-6-12-19(17)20/h3-6,9-12,20-21H,2,7-8,13-15H2,1H3,(H,25,29)(H,26,30)(H,27,28). The fourth-order valence-corrected chi connectivity index (χ4v) is 3.87. The van der Waals surface area contributed by atoms with Gasteiger partial charge in [-0.1, -0.05) is 55.5 Å². The highest BCUT2D eigenvalue weighted by atomic mass is 16.5. The van der Waals surface area contributed by atoms with E-state index < -0.39 is 18.1 Å². The molecule has 7 nitrogen and oxygen atoms in total. The molecule has 3 rings (SSSR count). The van der Waals surface area contributed by atoms with Crippen LogP contribution in [0.5, 0.6) is 0 Å². The van der Waals surface area contributed by atoms with Crippen LogP contribution in [-0.2, 0) is 14.3 Å². The van der Waals surface area contributed by atoms with Gasteiger partial charge in [-0.25, -0.2) is 4.79 Å². The molecule has 0 radical (unpaired) electrons. The van der Waals surface area contributed by atoms with Gasteiger partial charge in [0.25, 0.3) is 0 Å². The molecule has 1 aliphatic rings. The number of alkyl carbamates (subject to hydrolysis) is 1. The molecule has 0 saturated carbocycles. The minimum atomic E-state index is -0.852. The summed E-state index contributed by atoms with van der Waals surface area (Å²) in [5, 5.41) is 14.0. The highest BCUT2D eigenvalue weighted by molar-refractivity contribution is 5.85. The molecule has 0 saturated heterocycles. The van der Waals surface area contributed by atoms with Gasteiger partial charge in [0.05, 0.1) is 0 Å². The van der Waals surface area contributed by atoms with Gasteiger partial charge in [0.1, 0.15) is 12.6 Å². The number of rotatable bonds is 10. The van der Waals surface area contributed by atoms with E-state index in [0.29, 0.717) is 25.8 Å². The van der Waals surface area contributed by atoms with Gasteiger partial charge in [0.2, 0.25) is 5.91 Å². The Morgan fingerprint density at radius 2 is 1.61 bits per heavy atom. The number of nitrogens with one attached hydrogen (secondary N) is 2. The van der Waals surface area contributed by atoms with Crippen LogP contribution in [0.25, 0.3) is 11.1 Å². The van der Waals surface area contributed by atoms with Crippen LogP contribution in [0.3, 0.4) is 0 Å². The van der Waals surface area contributed by atoms with Crippen molar-refractivity contribution in [2.75, 3.05) is 13.2 Å². The largest absolute Gasteiger partial charge is 0.481 e. The zero-order valence-corrected chi connectivity index (χ0v) is 17.6. The Morgan fingerprint density at radius 1 is 1.00 bits per heavy atom. The van der Waals surface area contributed by atoms with Crippen molar-refractivity contribution in [3.8, 4) is 11.1 Å². The Morgan fingerprint density at radius 3 is 2.19 bits per heavy atom.